The average molecular weight is 339 g/mol. The zero-order chi connectivity index (χ0) is 14.8. The Morgan fingerprint density at radius 3 is 2.55 bits per heavy atom. The summed E-state index contributed by atoms with van der Waals surface area (Å²) in [5.41, 5.74) is 0. The molecule has 1 aliphatic carbocycles. The van der Waals surface area contributed by atoms with Crippen LogP contribution in [0, 0.1) is 0 Å². The van der Waals surface area contributed by atoms with E-state index in [0.29, 0.717) is 10.8 Å². The van der Waals surface area contributed by atoms with Crippen molar-refractivity contribution >= 4 is 39.0 Å². The molecule has 0 spiro atoms. The molecule has 6 nitrogen and oxygen atoms in total. The number of nitrogens with zero attached hydrogens (tertiary/aromatic N) is 2. The van der Waals surface area contributed by atoms with E-state index in [2.05, 4.69) is 20.0 Å². The second-order valence-corrected chi connectivity index (χ2v) is 7.39. The molecule has 2 N–H and O–H groups in total. The van der Waals surface area contributed by atoms with Gasteiger partial charge in [-0.1, -0.05) is 24.4 Å². The van der Waals surface area contributed by atoms with Gasteiger partial charge in [-0.25, -0.2) is 18.1 Å². The number of hydrogen-bond donors (Lipinski definition) is 2. The second kappa shape index (κ2) is 6.43. The molecular weight excluding hydrogens is 323 g/mol. The molecule has 2 atom stereocenters. The van der Waals surface area contributed by atoms with Gasteiger partial charge in [0.25, 0.3) is 0 Å². The van der Waals surface area contributed by atoms with Crippen molar-refractivity contribution in [2.24, 2.45) is 0 Å². The van der Waals surface area contributed by atoms with E-state index >= 15 is 0 Å². The minimum Gasteiger partial charge on any atom is -0.364 e. The predicted octanol–water partition coefficient (Wildman–Crippen LogP) is 2.06. The first kappa shape index (κ1) is 15.8. The highest BCUT2D eigenvalue weighted by Crippen LogP contribution is 2.26. The molecule has 0 aliphatic heterocycles. The summed E-state index contributed by atoms with van der Waals surface area (Å²) in [5.74, 6) is 0.430. The van der Waals surface area contributed by atoms with Gasteiger partial charge < -0.3 is 5.32 Å². The van der Waals surface area contributed by atoms with E-state index in [4.69, 9.17) is 23.2 Å². The maximum Gasteiger partial charge on any atom is 0.224 e. The third kappa shape index (κ3) is 4.44. The molecule has 0 saturated heterocycles. The zero-order valence-corrected chi connectivity index (χ0v) is 13.3. The molecule has 0 amide bonds. The van der Waals surface area contributed by atoms with E-state index in [1.54, 1.807) is 0 Å². The monoisotopic (exact) mass is 338 g/mol. The van der Waals surface area contributed by atoms with Crippen molar-refractivity contribution in [1.82, 2.24) is 14.7 Å². The van der Waals surface area contributed by atoms with Crippen LogP contribution in [0.2, 0.25) is 10.3 Å². The second-order valence-electron chi connectivity index (χ2n) is 4.87. The maximum atomic E-state index is 11.4. The smallest absolute Gasteiger partial charge is 0.224 e. The largest absolute Gasteiger partial charge is 0.364 e. The van der Waals surface area contributed by atoms with E-state index in [0.717, 1.165) is 31.9 Å². The standard InChI is InChI=1S/C11H16Cl2N4O2S/c1-20(18,19)17-9-5-3-2-4-8(9)15-10-7(12)6-14-11(13)16-10/h6,8-9,17H,2-5H2,1H3,(H,14,15,16)/t8-,9+/m1/s1. The quantitative estimate of drug-likeness (QED) is 0.821. The molecule has 9 heteroatoms. The number of rotatable bonds is 4. The molecule has 1 aromatic heterocycles. The van der Waals surface area contributed by atoms with Gasteiger partial charge in [0.05, 0.1) is 12.5 Å². The average Bonchev–Trinajstić information content (AvgIpc) is 2.34. The Morgan fingerprint density at radius 1 is 1.25 bits per heavy atom. The lowest BCUT2D eigenvalue weighted by Crippen LogP contribution is -2.48. The minimum atomic E-state index is -3.25. The lowest BCUT2D eigenvalue weighted by atomic mass is 9.91. The SMILES string of the molecule is CS(=O)(=O)N[C@H]1CCCC[C@H]1Nc1nc(Cl)ncc1Cl. The van der Waals surface area contributed by atoms with Crippen LogP contribution in [0.15, 0.2) is 6.20 Å². The van der Waals surface area contributed by atoms with Crippen molar-refractivity contribution in [3.8, 4) is 0 Å². The van der Waals surface area contributed by atoms with Crippen LogP contribution < -0.4 is 10.0 Å². The first-order valence-electron chi connectivity index (χ1n) is 6.27. The molecule has 2 rings (SSSR count). The summed E-state index contributed by atoms with van der Waals surface area (Å²) in [6, 6.07) is -0.245. The number of anilines is 1. The molecule has 0 radical (unpaired) electrons. The Kier molecular flexibility index (Phi) is 5.06. The van der Waals surface area contributed by atoms with Gasteiger partial charge in [-0.15, -0.1) is 0 Å². The van der Waals surface area contributed by atoms with Gasteiger partial charge in [-0.05, 0) is 24.4 Å². The molecule has 1 fully saturated rings. The van der Waals surface area contributed by atoms with Gasteiger partial charge in [-0.3, -0.25) is 0 Å². The number of sulfonamides is 1. The summed E-state index contributed by atoms with van der Waals surface area (Å²) in [6.07, 6.45) is 6.21. The first-order chi connectivity index (χ1) is 9.35. The molecule has 0 unspecified atom stereocenters. The molecule has 1 heterocycles. The summed E-state index contributed by atoms with van der Waals surface area (Å²) in [4.78, 5) is 7.81. The topological polar surface area (TPSA) is 84.0 Å². The Morgan fingerprint density at radius 2 is 1.90 bits per heavy atom. The van der Waals surface area contributed by atoms with Crippen molar-refractivity contribution in [3.63, 3.8) is 0 Å². The van der Waals surface area contributed by atoms with Crippen LogP contribution >= 0.6 is 23.2 Å². The van der Waals surface area contributed by atoms with Crippen LogP contribution in [0.25, 0.3) is 0 Å². The van der Waals surface area contributed by atoms with Crippen LogP contribution in [0.3, 0.4) is 0 Å². The van der Waals surface area contributed by atoms with Crippen LogP contribution in [0.1, 0.15) is 25.7 Å². The van der Waals surface area contributed by atoms with Crippen molar-refractivity contribution in [2.45, 2.75) is 37.8 Å². The fourth-order valence-corrected chi connectivity index (χ4v) is 3.45. The summed E-state index contributed by atoms with van der Waals surface area (Å²) in [7, 11) is -3.25. The molecule has 1 aliphatic rings. The number of halogens is 2. The summed E-state index contributed by atoms with van der Waals surface area (Å²) >= 11 is 11.8. The Hall–Kier alpha value is -0.630. The van der Waals surface area contributed by atoms with Crippen LogP contribution in [-0.2, 0) is 10.0 Å². The molecule has 0 aromatic carbocycles. The molecule has 20 heavy (non-hydrogen) atoms. The summed E-state index contributed by atoms with van der Waals surface area (Å²) in [5, 5.41) is 3.63. The van der Waals surface area contributed by atoms with Crippen LogP contribution in [0.4, 0.5) is 5.82 Å². The van der Waals surface area contributed by atoms with Gasteiger partial charge in [-0.2, -0.15) is 4.98 Å². The Bertz CT molecular complexity index is 582. The van der Waals surface area contributed by atoms with Crippen LogP contribution in [-0.4, -0.2) is 36.7 Å². The van der Waals surface area contributed by atoms with E-state index < -0.39 is 10.0 Å². The Labute approximate surface area is 128 Å². The summed E-state index contributed by atoms with van der Waals surface area (Å²) < 4.78 is 25.5. The number of nitrogens with one attached hydrogen (secondary N) is 2. The number of hydrogen-bond acceptors (Lipinski definition) is 5. The third-order valence-electron chi connectivity index (χ3n) is 3.17. The predicted molar refractivity (Wildman–Crippen MR) is 79.7 cm³/mol. The van der Waals surface area contributed by atoms with Gasteiger partial charge in [0, 0.05) is 12.1 Å². The van der Waals surface area contributed by atoms with Gasteiger partial charge in [0.1, 0.15) is 10.8 Å². The molecular formula is C11H16Cl2N4O2S. The highest BCUT2D eigenvalue weighted by Gasteiger charge is 2.28. The van der Waals surface area contributed by atoms with E-state index in [1.165, 1.54) is 6.20 Å². The van der Waals surface area contributed by atoms with Gasteiger partial charge in [0.15, 0.2) is 0 Å². The lowest BCUT2D eigenvalue weighted by molar-refractivity contribution is 0.379. The maximum absolute atomic E-state index is 11.4. The first-order valence-corrected chi connectivity index (χ1v) is 8.92. The minimum absolute atomic E-state index is 0.0676. The normalized spacial score (nSPS) is 23.6. The summed E-state index contributed by atoms with van der Waals surface area (Å²) in [6.45, 7) is 0. The van der Waals surface area contributed by atoms with E-state index in [9.17, 15) is 8.42 Å². The molecule has 0 bridgehead atoms. The van der Waals surface area contributed by atoms with Crippen LogP contribution in [0.5, 0.6) is 0 Å². The third-order valence-corrected chi connectivity index (χ3v) is 4.36. The molecule has 1 saturated carbocycles. The van der Waals surface area contributed by atoms with E-state index in [1.807, 2.05) is 0 Å². The van der Waals surface area contributed by atoms with Gasteiger partial charge in [0.2, 0.25) is 15.3 Å². The molecule has 112 valence electrons. The lowest BCUT2D eigenvalue weighted by Gasteiger charge is -2.32. The fourth-order valence-electron chi connectivity index (χ4n) is 2.34. The molecule has 1 aromatic rings. The fraction of sp³-hybridized carbons (Fsp3) is 0.636. The Balaban J connectivity index is 2.14. The van der Waals surface area contributed by atoms with E-state index in [-0.39, 0.29) is 17.4 Å². The highest BCUT2D eigenvalue weighted by atomic mass is 35.5. The van der Waals surface area contributed by atoms with Crippen molar-refractivity contribution in [2.75, 3.05) is 11.6 Å². The van der Waals surface area contributed by atoms with Crippen molar-refractivity contribution < 1.29 is 8.42 Å². The van der Waals surface area contributed by atoms with Gasteiger partial charge >= 0.3 is 0 Å². The highest BCUT2D eigenvalue weighted by molar-refractivity contribution is 7.88. The van der Waals surface area contributed by atoms with Crippen molar-refractivity contribution in [3.05, 3.63) is 16.5 Å². The zero-order valence-electron chi connectivity index (χ0n) is 10.9. The number of aromatic nitrogens is 2. The van der Waals surface area contributed by atoms with Crippen molar-refractivity contribution in [1.29, 1.82) is 0 Å².